The Balaban J connectivity index is 2.28. The van der Waals surface area contributed by atoms with Crippen molar-refractivity contribution < 1.29 is 36.9 Å². The Bertz CT molecular complexity index is 957. The summed E-state index contributed by atoms with van der Waals surface area (Å²) in [5.74, 6) is 0.427. The van der Waals surface area contributed by atoms with Crippen LogP contribution in [0.1, 0.15) is 51.7 Å². The van der Waals surface area contributed by atoms with E-state index >= 15 is 0 Å². The summed E-state index contributed by atoms with van der Waals surface area (Å²) in [4.78, 5) is 12.6. The number of amides is 1. The van der Waals surface area contributed by atoms with Gasteiger partial charge in [0.05, 0.1) is 17.2 Å². The summed E-state index contributed by atoms with van der Waals surface area (Å²) in [6, 6.07) is 11.5. The van der Waals surface area contributed by atoms with Gasteiger partial charge in [0.25, 0.3) is 0 Å². The highest BCUT2D eigenvalue weighted by Crippen LogP contribution is 2.34. The van der Waals surface area contributed by atoms with Crippen molar-refractivity contribution in [3.63, 3.8) is 0 Å². The van der Waals surface area contributed by atoms with Crippen LogP contribution in [0.25, 0.3) is 0 Å². The zero-order valence-corrected chi connectivity index (χ0v) is 21.0. The quantitative estimate of drug-likeness (QED) is 0.397. The summed E-state index contributed by atoms with van der Waals surface area (Å²) in [5.41, 5.74) is -1.59. The summed E-state index contributed by atoms with van der Waals surface area (Å²) in [7, 11) is 3.20. The van der Waals surface area contributed by atoms with Crippen LogP contribution in [0.15, 0.2) is 48.5 Å². The van der Waals surface area contributed by atoms with Gasteiger partial charge >= 0.3 is 12.3 Å². The molecule has 0 heterocycles. The largest absolute Gasteiger partial charge is 0.457 e. The maximum atomic E-state index is 13.0. The molecule has 0 saturated carbocycles. The lowest BCUT2D eigenvalue weighted by molar-refractivity contribution is -0.137. The highest BCUT2D eigenvalue weighted by molar-refractivity contribution is 5.69. The van der Waals surface area contributed by atoms with Crippen molar-refractivity contribution in [3.8, 4) is 11.5 Å². The molecule has 2 unspecified atom stereocenters. The van der Waals surface area contributed by atoms with E-state index in [0.717, 1.165) is 17.7 Å². The van der Waals surface area contributed by atoms with Gasteiger partial charge in [0.2, 0.25) is 0 Å². The SMILES string of the molecule is COCCC(CC(C)(NC(=O)OC(C)(C)C)c1ccc(Oc2cccc(C(F)(F)F)c2)cc1)OC. The molecule has 6 nitrogen and oxygen atoms in total. The third kappa shape index (κ3) is 9.07. The smallest absolute Gasteiger partial charge is 0.416 e. The van der Waals surface area contributed by atoms with E-state index in [1.165, 1.54) is 12.1 Å². The molecule has 2 aromatic carbocycles. The number of alkyl carbamates (subject to hydrolysis) is 1. The molecule has 0 bridgehead atoms. The molecule has 0 fully saturated rings. The molecule has 9 heteroatoms. The van der Waals surface area contributed by atoms with Crippen molar-refractivity contribution >= 4 is 6.09 Å². The Morgan fingerprint density at radius 3 is 2.14 bits per heavy atom. The lowest BCUT2D eigenvalue weighted by Gasteiger charge is -2.35. The number of rotatable bonds is 10. The predicted octanol–water partition coefficient (Wildman–Crippen LogP) is 6.68. The predicted molar refractivity (Wildman–Crippen MR) is 127 cm³/mol. The van der Waals surface area contributed by atoms with Gasteiger partial charge in [-0.15, -0.1) is 0 Å². The summed E-state index contributed by atoms with van der Waals surface area (Å²) < 4.78 is 60.8. The summed E-state index contributed by atoms with van der Waals surface area (Å²) in [6.45, 7) is 7.68. The molecule has 0 spiro atoms. The van der Waals surface area contributed by atoms with Crippen LogP contribution in [0.3, 0.4) is 0 Å². The van der Waals surface area contributed by atoms with Gasteiger partial charge in [0, 0.05) is 27.2 Å². The van der Waals surface area contributed by atoms with E-state index in [1.54, 1.807) is 59.3 Å². The molecule has 0 aromatic heterocycles. The van der Waals surface area contributed by atoms with Crippen molar-refractivity contribution in [2.24, 2.45) is 0 Å². The lowest BCUT2D eigenvalue weighted by atomic mass is 9.85. The molecule has 2 rings (SSSR count). The van der Waals surface area contributed by atoms with Crippen LogP contribution in [-0.4, -0.2) is 38.6 Å². The Labute approximate surface area is 204 Å². The molecule has 0 radical (unpaired) electrons. The van der Waals surface area contributed by atoms with Gasteiger partial charge in [-0.2, -0.15) is 13.2 Å². The molecular weight excluding hydrogens is 463 g/mol. The fourth-order valence-electron chi connectivity index (χ4n) is 3.54. The Hall–Kier alpha value is -2.78. The first-order valence-electron chi connectivity index (χ1n) is 11.2. The van der Waals surface area contributed by atoms with Crippen molar-refractivity contribution in [1.82, 2.24) is 5.32 Å². The monoisotopic (exact) mass is 497 g/mol. The van der Waals surface area contributed by atoms with Crippen molar-refractivity contribution in [1.29, 1.82) is 0 Å². The Morgan fingerprint density at radius 1 is 0.943 bits per heavy atom. The highest BCUT2D eigenvalue weighted by atomic mass is 19.4. The van der Waals surface area contributed by atoms with E-state index in [2.05, 4.69) is 5.32 Å². The zero-order chi connectivity index (χ0) is 26.3. The van der Waals surface area contributed by atoms with Gasteiger partial charge in [0.1, 0.15) is 17.1 Å². The number of alkyl halides is 3. The molecule has 0 saturated heterocycles. The van der Waals surface area contributed by atoms with E-state index in [-0.39, 0.29) is 11.9 Å². The molecule has 1 amide bonds. The summed E-state index contributed by atoms with van der Waals surface area (Å²) in [6.07, 6.45) is -4.20. The molecule has 0 aliphatic heterocycles. The first kappa shape index (κ1) is 28.5. The Morgan fingerprint density at radius 2 is 1.60 bits per heavy atom. The van der Waals surface area contributed by atoms with Crippen LogP contribution in [0, 0.1) is 0 Å². The first-order chi connectivity index (χ1) is 16.3. The minimum absolute atomic E-state index is 0.0706. The van der Waals surface area contributed by atoms with E-state index in [4.69, 9.17) is 18.9 Å². The Kier molecular flexibility index (Phi) is 9.57. The van der Waals surface area contributed by atoms with E-state index < -0.39 is 29.0 Å². The van der Waals surface area contributed by atoms with Crippen molar-refractivity contribution in [3.05, 3.63) is 59.7 Å². The molecule has 2 atom stereocenters. The second-order valence-electron chi connectivity index (χ2n) is 9.45. The first-order valence-corrected chi connectivity index (χ1v) is 11.2. The van der Waals surface area contributed by atoms with Gasteiger partial charge in [-0.05, 0) is 70.0 Å². The normalized spacial score (nSPS) is 14.7. The van der Waals surface area contributed by atoms with Crippen molar-refractivity contribution in [2.75, 3.05) is 20.8 Å². The fraction of sp³-hybridized carbons (Fsp3) is 0.500. The minimum atomic E-state index is -4.46. The molecule has 35 heavy (non-hydrogen) atoms. The summed E-state index contributed by atoms with van der Waals surface area (Å²) >= 11 is 0. The number of benzene rings is 2. The second-order valence-corrected chi connectivity index (χ2v) is 9.45. The topological polar surface area (TPSA) is 66.0 Å². The number of nitrogens with one attached hydrogen (secondary N) is 1. The number of carbonyl (C=O) groups excluding carboxylic acids is 1. The number of hydrogen-bond donors (Lipinski definition) is 1. The average molecular weight is 498 g/mol. The van der Waals surface area contributed by atoms with Gasteiger partial charge in [-0.25, -0.2) is 4.79 Å². The average Bonchev–Trinajstić information content (AvgIpc) is 2.75. The molecule has 194 valence electrons. The van der Waals surface area contributed by atoms with Gasteiger partial charge in [0.15, 0.2) is 0 Å². The maximum Gasteiger partial charge on any atom is 0.416 e. The van der Waals surface area contributed by atoms with Crippen LogP contribution >= 0.6 is 0 Å². The van der Waals surface area contributed by atoms with E-state index in [1.807, 2.05) is 6.92 Å². The van der Waals surface area contributed by atoms with Gasteiger partial charge in [-0.3, -0.25) is 0 Å². The fourth-order valence-corrected chi connectivity index (χ4v) is 3.54. The highest BCUT2D eigenvalue weighted by Gasteiger charge is 2.34. The van der Waals surface area contributed by atoms with Crippen LogP contribution in [0.2, 0.25) is 0 Å². The van der Waals surface area contributed by atoms with Crippen LogP contribution < -0.4 is 10.1 Å². The van der Waals surface area contributed by atoms with Gasteiger partial charge < -0.3 is 24.3 Å². The third-order valence-corrected chi connectivity index (χ3v) is 5.28. The molecule has 1 N–H and O–H groups in total. The van der Waals surface area contributed by atoms with Crippen molar-refractivity contribution in [2.45, 2.75) is 64.0 Å². The van der Waals surface area contributed by atoms with Crippen LogP contribution in [0.4, 0.5) is 18.0 Å². The number of carbonyl (C=O) groups is 1. The van der Waals surface area contributed by atoms with E-state index in [0.29, 0.717) is 25.2 Å². The summed E-state index contributed by atoms with van der Waals surface area (Å²) in [5, 5.41) is 2.95. The van der Waals surface area contributed by atoms with E-state index in [9.17, 15) is 18.0 Å². The molecule has 2 aromatic rings. The second kappa shape index (κ2) is 11.8. The standard InChI is InChI=1S/C26H34F3NO5/c1-24(2,3)35-23(31)30-25(4,17-22(33-6)14-15-32-5)18-10-12-20(13-11-18)34-21-9-7-8-19(16-21)26(27,28)29/h7-13,16,22H,14-15,17H2,1-6H3,(H,30,31). The maximum absolute atomic E-state index is 13.0. The number of methoxy groups -OCH3 is 2. The van der Waals surface area contributed by atoms with Crippen LogP contribution in [0.5, 0.6) is 11.5 Å². The van der Waals surface area contributed by atoms with Crippen LogP contribution in [-0.2, 0) is 25.9 Å². The molecular formula is C26H34F3NO5. The number of halogens is 3. The molecule has 0 aliphatic carbocycles. The minimum Gasteiger partial charge on any atom is -0.457 e. The molecule has 0 aliphatic rings. The number of hydrogen-bond acceptors (Lipinski definition) is 5. The lowest BCUT2D eigenvalue weighted by Crippen LogP contribution is -2.48. The van der Waals surface area contributed by atoms with Gasteiger partial charge in [-0.1, -0.05) is 18.2 Å². The number of ether oxygens (including phenoxy) is 4. The zero-order valence-electron chi connectivity index (χ0n) is 21.0. The third-order valence-electron chi connectivity index (χ3n) is 5.28.